The molecule has 0 amide bonds. The van der Waals surface area contributed by atoms with Gasteiger partial charge in [-0.2, -0.15) is 0 Å². The second kappa shape index (κ2) is 11.6. The van der Waals surface area contributed by atoms with Crippen molar-refractivity contribution in [1.29, 1.82) is 0 Å². The molecule has 0 saturated heterocycles. The van der Waals surface area contributed by atoms with Crippen LogP contribution in [0.15, 0.2) is 65.6 Å². The Balaban J connectivity index is 0.00000385. The van der Waals surface area contributed by atoms with Gasteiger partial charge in [-0.3, -0.25) is 14.2 Å². The first kappa shape index (κ1) is 26.1. The number of halogens is 1. The zero-order valence-electron chi connectivity index (χ0n) is 19.2. The summed E-state index contributed by atoms with van der Waals surface area (Å²) in [4.78, 5) is 30.2. The molecule has 0 bridgehead atoms. The van der Waals surface area contributed by atoms with Crippen molar-refractivity contribution in [1.82, 2.24) is 9.55 Å². The van der Waals surface area contributed by atoms with Gasteiger partial charge in [0.25, 0.3) is 5.56 Å². The van der Waals surface area contributed by atoms with Crippen molar-refractivity contribution in [2.24, 2.45) is 5.73 Å². The van der Waals surface area contributed by atoms with E-state index in [4.69, 9.17) is 10.5 Å². The number of rotatable bonds is 8. The Kier molecular flexibility index (Phi) is 9.20. The first-order chi connectivity index (χ1) is 15.3. The van der Waals surface area contributed by atoms with Crippen molar-refractivity contribution in [2.75, 3.05) is 11.9 Å². The molecule has 0 saturated carbocycles. The smallest absolute Gasteiger partial charge is 0.326 e. The number of benzene rings is 2. The Morgan fingerprint density at radius 3 is 2.45 bits per heavy atom. The van der Waals surface area contributed by atoms with Crippen molar-refractivity contribution in [3.63, 3.8) is 0 Å². The maximum absolute atomic E-state index is 13.3. The van der Waals surface area contributed by atoms with Crippen molar-refractivity contribution in [2.45, 2.75) is 45.9 Å². The highest BCUT2D eigenvalue weighted by atomic mass is 35.5. The molecule has 7 nitrogen and oxygen atoms in total. The molecule has 0 aliphatic carbocycles. The van der Waals surface area contributed by atoms with Crippen LogP contribution in [0.3, 0.4) is 0 Å². The highest BCUT2D eigenvalue weighted by Gasteiger charge is 2.20. The number of nitrogens with one attached hydrogen (secondary N) is 1. The summed E-state index contributed by atoms with van der Waals surface area (Å²) in [7, 11) is 0. The van der Waals surface area contributed by atoms with Gasteiger partial charge in [0.05, 0.1) is 11.9 Å². The first-order valence-electron chi connectivity index (χ1n) is 10.7. The molecule has 8 heteroatoms. The van der Waals surface area contributed by atoms with Gasteiger partial charge < -0.3 is 15.8 Å². The highest BCUT2D eigenvalue weighted by Crippen LogP contribution is 2.20. The quantitative estimate of drug-likeness (QED) is 0.486. The van der Waals surface area contributed by atoms with Crippen LogP contribution < -0.4 is 16.6 Å². The fourth-order valence-electron chi connectivity index (χ4n) is 3.33. The van der Waals surface area contributed by atoms with Crippen LogP contribution in [0.2, 0.25) is 0 Å². The van der Waals surface area contributed by atoms with Gasteiger partial charge in [0.1, 0.15) is 12.1 Å². The van der Waals surface area contributed by atoms with Crippen molar-refractivity contribution in [3.8, 4) is 11.3 Å². The number of anilines is 1. The van der Waals surface area contributed by atoms with Gasteiger partial charge in [-0.1, -0.05) is 48.5 Å². The molecular weight excluding hydrogens is 440 g/mol. The molecule has 3 rings (SSSR count). The van der Waals surface area contributed by atoms with Gasteiger partial charge in [-0.05, 0) is 44.4 Å². The minimum Gasteiger partial charge on any atom is -0.459 e. The summed E-state index contributed by atoms with van der Waals surface area (Å²) >= 11 is 0. The molecule has 0 aliphatic heterocycles. The Hall–Kier alpha value is -3.16. The van der Waals surface area contributed by atoms with Crippen molar-refractivity contribution in [3.05, 3.63) is 82.3 Å². The maximum Gasteiger partial charge on any atom is 0.326 e. The number of hydrogen-bond acceptors (Lipinski definition) is 6. The zero-order valence-corrected chi connectivity index (χ0v) is 20.0. The molecule has 176 valence electrons. The summed E-state index contributed by atoms with van der Waals surface area (Å²) in [5, 5.41) is 3.11. The summed E-state index contributed by atoms with van der Waals surface area (Å²) < 4.78 is 6.86. The number of nitrogens with two attached hydrogens (primary N) is 1. The molecule has 0 fully saturated rings. The monoisotopic (exact) mass is 470 g/mol. The third-order valence-corrected chi connectivity index (χ3v) is 4.77. The molecule has 0 aliphatic rings. The van der Waals surface area contributed by atoms with Gasteiger partial charge in [0.15, 0.2) is 5.82 Å². The standard InChI is InChI=1S/C25H30N4O3.ClH/c1-25(2,3)32-22(30)17-29-21(20-11-7-10-19(14-20)15-26)16-28-23(24(29)31)27-13-12-18-8-5-4-6-9-18;/h4-11,14,16H,12-13,15,17,26H2,1-3H3,(H,27,28);1H. The molecular formula is C25H31ClN4O3. The van der Waals surface area contributed by atoms with Crippen molar-refractivity contribution >= 4 is 24.2 Å². The lowest BCUT2D eigenvalue weighted by atomic mass is 10.1. The third kappa shape index (κ3) is 7.44. The van der Waals surface area contributed by atoms with Crippen LogP contribution in [-0.4, -0.2) is 27.7 Å². The lowest BCUT2D eigenvalue weighted by molar-refractivity contribution is -0.155. The molecule has 2 aromatic carbocycles. The van der Waals surface area contributed by atoms with E-state index < -0.39 is 11.6 Å². The average molecular weight is 471 g/mol. The number of esters is 1. The van der Waals surface area contributed by atoms with E-state index in [0.717, 1.165) is 23.1 Å². The topological polar surface area (TPSA) is 99.2 Å². The predicted molar refractivity (Wildman–Crippen MR) is 134 cm³/mol. The van der Waals surface area contributed by atoms with E-state index in [0.29, 0.717) is 18.8 Å². The lowest BCUT2D eigenvalue weighted by Gasteiger charge is -2.21. The number of nitrogens with zero attached hydrogens (tertiary/aromatic N) is 2. The normalized spacial score (nSPS) is 10.9. The fraction of sp³-hybridized carbons (Fsp3) is 0.320. The average Bonchev–Trinajstić information content (AvgIpc) is 2.76. The third-order valence-electron chi connectivity index (χ3n) is 4.77. The number of carbonyl (C=O) groups excluding carboxylic acids is 1. The minimum absolute atomic E-state index is 0. The Morgan fingerprint density at radius 2 is 1.79 bits per heavy atom. The molecule has 1 aromatic heterocycles. The van der Waals surface area contributed by atoms with E-state index in [1.54, 1.807) is 27.0 Å². The van der Waals surface area contributed by atoms with Crippen LogP contribution in [0, 0.1) is 0 Å². The Bertz CT molecular complexity index is 1120. The molecule has 1 heterocycles. The van der Waals surface area contributed by atoms with Crippen LogP contribution in [0.1, 0.15) is 31.9 Å². The maximum atomic E-state index is 13.3. The Morgan fingerprint density at radius 1 is 1.09 bits per heavy atom. The van der Waals surface area contributed by atoms with Gasteiger partial charge in [-0.15, -0.1) is 12.4 Å². The fourth-order valence-corrected chi connectivity index (χ4v) is 3.33. The number of ether oxygens (including phenoxy) is 1. The molecule has 0 spiro atoms. The molecule has 3 N–H and O–H groups in total. The van der Waals surface area contributed by atoms with Gasteiger partial charge in [0.2, 0.25) is 0 Å². The summed E-state index contributed by atoms with van der Waals surface area (Å²) in [6, 6.07) is 17.5. The van der Waals surface area contributed by atoms with Crippen LogP contribution in [0.25, 0.3) is 11.3 Å². The molecule has 0 atom stereocenters. The second-order valence-electron chi connectivity index (χ2n) is 8.54. The zero-order chi connectivity index (χ0) is 23.1. The van der Waals surface area contributed by atoms with E-state index in [2.05, 4.69) is 10.3 Å². The van der Waals surface area contributed by atoms with Crippen LogP contribution in [0.4, 0.5) is 5.82 Å². The molecule has 0 unspecified atom stereocenters. The summed E-state index contributed by atoms with van der Waals surface area (Å²) in [5.41, 5.74) is 8.12. The highest BCUT2D eigenvalue weighted by molar-refractivity contribution is 5.85. The minimum atomic E-state index is -0.649. The van der Waals surface area contributed by atoms with E-state index in [1.807, 2.05) is 54.6 Å². The SMILES string of the molecule is CC(C)(C)OC(=O)Cn1c(-c2cccc(CN)c2)cnc(NCCc2ccccc2)c1=O.Cl. The largest absolute Gasteiger partial charge is 0.459 e. The Labute approximate surface area is 200 Å². The van der Waals surface area contributed by atoms with Gasteiger partial charge >= 0.3 is 5.97 Å². The van der Waals surface area contributed by atoms with E-state index in [9.17, 15) is 9.59 Å². The number of hydrogen-bond donors (Lipinski definition) is 2. The van der Waals surface area contributed by atoms with Gasteiger partial charge in [0, 0.05) is 18.7 Å². The number of aromatic nitrogens is 2. The van der Waals surface area contributed by atoms with Crippen LogP contribution in [0.5, 0.6) is 0 Å². The van der Waals surface area contributed by atoms with Crippen LogP contribution in [-0.2, 0) is 29.0 Å². The molecule has 3 aromatic rings. The first-order valence-corrected chi connectivity index (χ1v) is 10.7. The summed E-state index contributed by atoms with van der Waals surface area (Å²) in [6.45, 7) is 6.08. The summed E-state index contributed by atoms with van der Waals surface area (Å²) in [5.74, 6) is -0.291. The van der Waals surface area contributed by atoms with E-state index in [-0.39, 0.29) is 30.3 Å². The van der Waals surface area contributed by atoms with E-state index in [1.165, 1.54) is 4.57 Å². The lowest BCUT2D eigenvalue weighted by Crippen LogP contribution is -2.33. The summed E-state index contributed by atoms with van der Waals surface area (Å²) in [6.07, 6.45) is 2.35. The van der Waals surface area contributed by atoms with E-state index >= 15 is 0 Å². The van der Waals surface area contributed by atoms with Crippen LogP contribution >= 0.6 is 12.4 Å². The number of carbonyl (C=O) groups is 1. The second-order valence-corrected chi connectivity index (χ2v) is 8.54. The molecule has 0 radical (unpaired) electrons. The predicted octanol–water partition coefficient (Wildman–Crippen LogP) is 3.79. The van der Waals surface area contributed by atoms with Gasteiger partial charge in [-0.25, -0.2) is 4.98 Å². The molecule has 33 heavy (non-hydrogen) atoms. The van der Waals surface area contributed by atoms with Crippen molar-refractivity contribution < 1.29 is 9.53 Å².